The lowest BCUT2D eigenvalue weighted by Crippen LogP contribution is -2.56. The minimum Gasteiger partial charge on any atom is -0.394 e. The molecule has 3 heteroatoms. The third kappa shape index (κ3) is 1.91. The van der Waals surface area contributed by atoms with Gasteiger partial charge in [0.25, 0.3) is 0 Å². The van der Waals surface area contributed by atoms with Crippen LogP contribution in [0.1, 0.15) is 25.3 Å². The van der Waals surface area contributed by atoms with Crippen molar-refractivity contribution in [2.24, 2.45) is 11.7 Å². The Morgan fingerprint density at radius 3 is 2.78 bits per heavy atom. The van der Waals surface area contributed by atoms with Crippen LogP contribution < -0.4 is 10.6 Å². The van der Waals surface area contributed by atoms with Gasteiger partial charge in [0.2, 0.25) is 0 Å². The normalized spacial score (nSPS) is 25.9. The average Bonchev–Trinajstić information content (AvgIpc) is 3.17. The maximum absolute atomic E-state index is 9.64. The van der Waals surface area contributed by atoms with Crippen LogP contribution in [-0.2, 0) is 6.42 Å². The highest BCUT2D eigenvalue weighted by Gasteiger charge is 2.44. The number of anilines is 1. The highest BCUT2D eigenvalue weighted by molar-refractivity contribution is 5.59. The van der Waals surface area contributed by atoms with Crippen LogP contribution in [-0.4, -0.2) is 29.8 Å². The van der Waals surface area contributed by atoms with Gasteiger partial charge in [0.1, 0.15) is 0 Å². The molecule has 0 aromatic heterocycles. The summed E-state index contributed by atoms with van der Waals surface area (Å²) < 4.78 is 0. The van der Waals surface area contributed by atoms with E-state index in [9.17, 15) is 5.11 Å². The van der Waals surface area contributed by atoms with Crippen LogP contribution in [0.15, 0.2) is 24.3 Å². The molecular formula is C15H22N2O. The van der Waals surface area contributed by atoms with Crippen molar-refractivity contribution in [3.63, 3.8) is 0 Å². The predicted molar refractivity (Wildman–Crippen MR) is 73.7 cm³/mol. The molecule has 0 radical (unpaired) electrons. The van der Waals surface area contributed by atoms with Crippen LogP contribution in [0.25, 0.3) is 0 Å². The van der Waals surface area contributed by atoms with Gasteiger partial charge in [-0.3, -0.25) is 0 Å². The van der Waals surface area contributed by atoms with Crippen molar-refractivity contribution in [3.05, 3.63) is 29.8 Å². The third-order valence-electron chi connectivity index (χ3n) is 4.50. The van der Waals surface area contributed by atoms with E-state index in [1.807, 2.05) is 0 Å². The zero-order chi connectivity index (χ0) is 12.8. The largest absolute Gasteiger partial charge is 0.394 e. The van der Waals surface area contributed by atoms with E-state index in [-0.39, 0.29) is 6.61 Å². The quantitative estimate of drug-likeness (QED) is 0.847. The van der Waals surface area contributed by atoms with Crippen molar-refractivity contribution >= 4 is 5.69 Å². The average molecular weight is 246 g/mol. The molecule has 2 atom stereocenters. The highest BCUT2D eigenvalue weighted by atomic mass is 16.3. The van der Waals surface area contributed by atoms with Gasteiger partial charge in [-0.25, -0.2) is 0 Å². The zero-order valence-corrected chi connectivity index (χ0v) is 11.0. The second-order valence-corrected chi connectivity index (χ2v) is 5.98. The molecule has 1 aromatic rings. The Kier molecular flexibility index (Phi) is 2.83. The summed E-state index contributed by atoms with van der Waals surface area (Å²) in [6.45, 7) is 3.10. The monoisotopic (exact) mass is 246 g/mol. The van der Waals surface area contributed by atoms with Crippen molar-refractivity contribution in [2.75, 3.05) is 18.1 Å². The molecule has 0 saturated heterocycles. The number of rotatable bonds is 4. The van der Waals surface area contributed by atoms with E-state index in [4.69, 9.17) is 5.73 Å². The summed E-state index contributed by atoms with van der Waals surface area (Å²) in [6, 6.07) is 9.02. The molecule has 3 nitrogen and oxygen atoms in total. The van der Waals surface area contributed by atoms with Crippen LogP contribution >= 0.6 is 0 Å². The van der Waals surface area contributed by atoms with E-state index >= 15 is 0 Å². The minimum atomic E-state index is -0.425. The molecule has 1 saturated carbocycles. The molecule has 3 rings (SSSR count). The first-order valence-electron chi connectivity index (χ1n) is 6.88. The number of aliphatic hydroxyl groups is 1. The smallest absolute Gasteiger partial charge is 0.0631 e. The standard InChI is InChI=1S/C15H22N2O/c1-11-8-12-4-2-3-5-14(12)17(11)9-15(16,10-18)13-6-7-13/h2-5,11,13,18H,6-10,16H2,1H3. The fourth-order valence-corrected chi connectivity index (χ4v) is 3.15. The second-order valence-electron chi connectivity index (χ2n) is 5.98. The van der Waals surface area contributed by atoms with E-state index in [0.717, 1.165) is 13.0 Å². The van der Waals surface area contributed by atoms with Crippen LogP contribution in [0.3, 0.4) is 0 Å². The Morgan fingerprint density at radius 1 is 1.39 bits per heavy atom. The summed E-state index contributed by atoms with van der Waals surface area (Å²) in [6.07, 6.45) is 3.42. The molecule has 1 fully saturated rings. The van der Waals surface area contributed by atoms with Crippen LogP contribution in [0.4, 0.5) is 5.69 Å². The molecule has 2 unspecified atom stereocenters. The minimum absolute atomic E-state index is 0.0864. The number of benzene rings is 1. The first-order valence-corrected chi connectivity index (χ1v) is 6.88. The van der Waals surface area contributed by atoms with Crippen molar-refractivity contribution in [3.8, 4) is 0 Å². The Bertz CT molecular complexity index is 444. The zero-order valence-electron chi connectivity index (χ0n) is 11.0. The van der Waals surface area contributed by atoms with Gasteiger partial charge in [0.05, 0.1) is 12.1 Å². The Balaban J connectivity index is 1.84. The van der Waals surface area contributed by atoms with E-state index in [1.54, 1.807) is 0 Å². The van der Waals surface area contributed by atoms with Gasteiger partial charge in [-0.2, -0.15) is 0 Å². The van der Waals surface area contributed by atoms with Gasteiger partial charge in [-0.1, -0.05) is 18.2 Å². The van der Waals surface area contributed by atoms with Crippen molar-refractivity contribution in [2.45, 2.75) is 37.8 Å². The SMILES string of the molecule is CC1Cc2ccccc2N1CC(N)(CO)C1CC1. The molecule has 3 N–H and O–H groups in total. The Labute approximate surface area is 109 Å². The first-order chi connectivity index (χ1) is 8.64. The number of para-hydroxylation sites is 1. The van der Waals surface area contributed by atoms with Crippen molar-refractivity contribution in [1.29, 1.82) is 0 Å². The summed E-state index contributed by atoms with van der Waals surface area (Å²) in [4.78, 5) is 2.38. The van der Waals surface area contributed by atoms with Gasteiger partial charge in [-0.15, -0.1) is 0 Å². The maximum Gasteiger partial charge on any atom is 0.0631 e. The molecule has 1 heterocycles. The number of aliphatic hydroxyl groups excluding tert-OH is 1. The number of nitrogens with zero attached hydrogens (tertiary/aromatic N) is 1. The van der Waals surface area contributed by atoms with Crippen LogP contribution in [0.5, 0.6) is 0 Å². The fourth-order valence-electron chi connectivity index (χ4n) is 3.15. The van der Waals surface area contributed by atoms with Gasteiger partial charge < -0.3 is 15.7 Å². The van der Waals surface area contributed by atoms with E-state index in [0.29, 0.717) is 12.0 Å². The lowest BCUT2D eigenvalue weighted by atomic mass is 9.94. The first kappa shape index (κ1) is 12.0. The molecule has 1 aromatic carbocycles. The van der Waals surface area contributed by atoms with Gasteiger partial charge in [-0.05, 0) is 43.7 Å². The van der Waals surface area contributed by atoms with Crippen molar-refractivity contribution in [1.82, 2.24) is 0 Å². The summed E-state index contributed by atoms with van der Waals surface area (Å²) in [5, 5.41) is 9.64. The lowest BCUT2D eigenvalue weighted by Gasteiger charge is -2.36. The van der Waals surface area contributed by atoms with E-state index in [1.165, 1.54) is 24.1 Å². The Hall–Kier alpha value is -1.06. The van der Waals surface area contributed by atoms with Gasteiger partial charge >= 0.3 is 0 Å². The maximum atomic E-state index is 9.64. The number of fused-ring (bicyclic) bond motifs is 1. The van der Waals surface area contributed by atoms with E-state index < -0.39 is 5.54 Å². The molecule has 0 bridgehead atoms. The van der Waals surface area contributed by atoms with Crippen molar-refractivity contribution < 1.29 is 5.11 Å². The lowest BCUT2D eigenvalue weighted by molar-refractivity contribution is 0.178. The molecule has 2 aliphatic rings. The molecule has 0 spiro atoms. The van der Waals surface area contributed by atoms with Crippen LogP contribution in [0, 0.1) is 5.92 Å². The summed E-state index contributed by atoms with van der Waals surface area (Å²) >= 11 is 0. The van der Waals surface area contributed by atoms with E-state index in [2.05, 4.69) is 36.1 Å². The molecule has 98 valence electrons. The predicted octanol–water partition coefficient (Wildman–Crippen LogP) is 1.54. The number of nitrogens with two attached hydrogens (primary N) is 1. The summed E-state index contributed by atoms with van der Waals surface area (Å²) in [7, 11) is 0. The number of hydrogen-bond acceptors (Lipinski definition) is 3. The molecule has 0 amide bonds. The topological polar surface area (TPSA) is 49.5 Å². The van der Waals surface area contributed by atoms with Gasteiger partial charge in [0, 0.05) is 18.3 Å². The molecular weight excluding hydrogens is 224 g/mol. The second kappa shape index (κ2) is 4.25. The summed E-state index contributed by atoms with van der Waals surface area (Å²) in [5.41, 5.74) is 8.69. The molecule has 1 aliphatic heterocycles. The van der Waals surface area contributed by atoms with Crippen LogP contribution in [0.2, 0.25) is 0 Å². The third-order valence-corrected chi connectivity index (χ3v) is 4.50. The van der Waals surface area contributed by atoms with Gasteiger partial charge in [0.15, 0.2) is 0 Å². The fraction of sp³-hybridized carbons (Fsp3) is 0.600. The molecule has 1 aliphatic carbocycles. The highest BCUT2D eigenvalue weighted by Crippen LogP contribution is 2.41. The Morgan fingerprint density at radius 2 is 2.11 bits per heavy atom. The summed E-state index contributed by atoms with van der Waals surface area (Å²) in [5.74, 6) is 0.502. The molecule has 18 heavy (non-hydrogen) atoms. The number of hydrogen-bond donors (Lipinski definition) is 2.